The van der Waals surface area contributed by atoms with E-state index in [9.17, 15) is 13.2 Å². The minimum absolute atomic E-state index is 0.0635. The van der Waals surface area contributed by atoms with Crippen LogP contribution in [-0.2, 0) is 34.2 Å². The molecule has 32 heavy (non-hydrogen) atoms. The molecule has 0 saturated carbocycles. The van der Waals surface area contributed by atoms with Gasteiger partial charge >= 0.3 is 5.97 Å². The Hall–Kier alpha value is -3.00. The maximum absolute atomic E-state index is 12.1. The third kappa shape index (κ3) is 4.75. The molecule has 7 heteroatoms. The van der Waals surface area contributed by atoms with Gasteiger partial charge in [-0.15, -0.1) is 0 Å². The van der Waals surface area contributed by atoms with Gasteiger partial charge in [0.1, 0.15) is 11.7 Å². The molecule has 0 unspecified atom stereocenters. The predicted octanol–water partition coefficient (Wildman–Crippen LogP) is 3.66. The summed E-state index contributed by atoms with van der Waals surface area (Å²) in [6, 6.07) is 29.5. The smallest absolute Gasteiger partial charge is 0.337 e. The van der Waals surface area contributed by atoms with Crippen LogP contribution in [0.15, 0.2) is 91.0 Å². The number of rotatable bonds is 8. The van der Waals surface area contributed by atoms with Crippen molar-refractivity contribution in [2.45, 2.75) is 24.2 Å². The lowest BCUT2D eigenvalue weighted by atomic mass is 9.80. The van der Waals surface area contributed by atoms with Crippen LogP contribution in [0.3, 0.4) is 0 Å². The zero-order valence-corrected chi connectivity index (χ0v) is 18.4. The van der Waals surface area contributed by atoms with Crippen LogP contribution in [0, 0.1) is 0 Å². The van der Waals surface area contributed by atoms with Crippen molar-refractivity contribution in [3.05, 3.63) is 108 Å². The van der Waals surface area contributed by atoms with E-state index in [0.29, 0.717) is 0 Å². The normalized spacial score (nSPS) is 19.0. The van der Waals surface area contributed by atoms with E-state index in [2.05, 4.69) is 0 Å². The quantitative estimate of drug-likeness (QED) is 0.295. The van der Waals surface area contributed by atoms with Crippen molar-refractivity contribution in [1.82, 2.24) is 0 Å². The van der Waals surface area contributed by atoms with Crippen molar-refractivity contribution in [1.29, 1.82) is 0 Å². The molecule has 0 N–H and O–H groups in total. The fourth-order valence-corrected chi connectivity index (χ4v) is 4.58. The molecular formula is C25H24O6S. The fourth-order valence-electron chi connectivity index (χ4n) is 4.00. The second-order valence-corrected chi connectivity index (χ2v) is 9.27. The van der Waals surface area contributed by atoms with Crippen LogP contribution in [0.2, 0.25) is 0 Å². The monoisotopic (exact) mass is 452 g/mol. The standard InChI is InChI=1S/C25H24O6S/c1-32(27,28)31-23-17-22(30-24(23)26)18-29-25(19-11-5-2-6-12-19,20-13-7-3-8-14-20)21-15-9-4-10-16-21/h2-16,22-23H,17-18H2,1H3/t22-,23-/m0/s1. The minimum atomic E-state index is -3.78. The zero-order valence-electron chi connectivity index (χ0n) is 17.6. The molecule has 0 aliphatic carbocycles. The summed E-state index contributed by atoms with van der Waals surface area (Å²) in [7, 11) is -3.78. The average molecular weight is 453 g/mol. The number of hydrogen-bond donors (Lipinski definition) is 0. The first-order chi connectivity index (χ1) is 15.4. The Balaban J connectivity index is 1.70. The molecule has 2 atom stereocenters. The summed E-state index contributed by atoms with van der Waals surface area (Å²) < 4.78 is 39.8. The molecule has 6 nitrogen and oxygen atoms in total. The van der Waals surface area contributed by atoms with E-state index in [4.69, 9.17) is 13.7 Å². The first kappa shape index (κ1) is 22.2. The van der Waals surface area contributed by atoms with Gasteiger partial charge in [0.2, 0.25) is 0 Å². The molecular weight excluding hydrogens is 428 g/mol. The lowest BCUT2D eigenvalue weighted by Crippen LogP contribution is -2.35. The Morgan fingerprint density at radius 2 is 1.28 bits per heavy atom. The molecule has 1 aliphatic heterocycles. The molecule has 0 spiro atoms. The number of ether oxygens (including phenoxy) is 2. The Morgan fingerprint density at radius 1 is 0.844 bits per heavy atom. The van der Waals surface area contributed by atoms with E-state index in [1.165, 1.54) is 0 Å². The third-order valence-corrected chi connectivity index (χ3v) is 5.92. The maximum atomic E-state index is 12.1. The van der Waals surface area contributed by atoms with Crippen LogP contribution in [-0.4, -0.2) is 39.5 Å². The Labute approximate surface area is 187 Å². The average Bonchev–Trinajstić information content (AvgIpc) is 3.14. The molecule has 1 saturated heterocycles. The highest BCUT2D eigenvalue weighted by Gasteiger charge is 2.42. The van der Waals surface area contributed by atoms with Crippen molar-refractivity contribution >= 4 is 16.1 Å². The topological polar surface area (TPSA) is 78.9 Å². The Kier molecular flexibility index (Phi) is 6.41. The summed E-state index contributed by atoms with van der Waals surface area (Å²) in [6.45, 7) is 0.0635. The van der Waals surface area contributed by atoms with Crippen molar-refractivity contribution in [2.75, 3.05) is 12.9 Å². The highest BCUT2D eigenvalue weighted by molar-refractivity contribution is 7.86. The van der Waals surface area contributed by atoms with E-state index < -0.39 is 33.9 Å². The van der Waals surface area contributed by atoms with E-state index in [1.54, 1.807) is 0 Å². The molecule has 0 aromatic heterocycles. The summed E-state index contributed by atoms with van der Waals surface area (Å²) in [5, 5.41) is 0. The first-order valence-electron chi connectivity index (χ1n) is 10.3. The van der Waals surface area contributed by atoms with Crippen molar-refractivity contribution in [2.24, 2.45) is 0 Å². The number of esters is 1. The molecule has 1 aliphatic rings. The number of carbonyl (C=O) groups is 1. The molecule has 4 rings (SSSR count). The van der Waals surface area contributed by atoms with Gasteiger partial charge in [0.05, 0.1) is 12.9 Å². The van der Waals surface area contributed by atoms with Crippen molar-refractivity contribution in [3.63, 3.8) is 0 Å². The van der Waals surface area contributed by atoms with Gasteiger partial charge in [0, 0.05) is 6.42 Å². The van der Waals surface area contributed by atoms with Crippen LogP contribution in [0.4, 0.5) is 0 Å². The lowest BCUT2D eigenvalue weighted by Gasteiger charge is -2.36. The summed E-state index contributed by atoms with van der Waals surface area (Å²) in [4.78, 5) is 12.1. The minimum Gasteiger partial charge on any atom is -0.458 e. The van der Waals surface area contributed by atoms with Gasteiger partial charge in [-0.2, -0.15) is 8.42 Å². The zero-order chi connectivity index (χ0) is 22.6. The molecule has 3 aromatic carbocycles. The number of cyclic esters (lactones) is 1. The largest absolute Gasteiger partial charge is 0.458 e. The van der Waals surface area contributed by atoms with Gasteiger partial charge in [0.25, 0.3) is 10.1 Å². The van der Waals surface area contributed by atoms with Crippen LogP contribution < -0.4 is 0 Å². The summed E-state index contributed by atoms with van der Waals surface area (Å²) in [5.74, 6) is -0.700. The van der Waals surface area contributed by atoms with E-state index in [0.717, 1.165) is 22.9 Å². The highest BCUT2D eigenvalue weighted by Crippen LogP contribution is 2.41. The molecule has 0 radical (unpaired) electrons. The predicted molar refractivity (Wildman–Crippen MR) is 119 cm³/mol. The first-order valence-corrected chi connectivity index (χ1v) is 12.1. The summed E-state index contributed by atoms with van der Waals surface area (Å²) in [5.41, 5.74) is 1.81. The maximum Gasteiger partial charge on any atom is 0.337 e. The van der Waals surface area contributed by atoms with Gasteiger partial charge in [-0.25, -0.2) is 4.79 Å². The van der Waals surface area contributed by atoms with Crippen LogP contribution in [0.5, 0.6) is 0 Å². The summed E-state index contributed by atoms with van der Waals surface area (Å²) in [6.07, 6.45) is -0.779. The van der Waals surface area contributed by atoms with Crippen LogP contribution >= 0.6 is 0 Å². The molecule has 1 heterocycles. The fraction of sp³-hybridized carbons (Fsp3) is 0.240. The van der Waals surface area contributed by atoms with Gasteiger partial charge in [-0.3, -0.25) is 4.18 Å². The molecule has 3 aromatic rings. The third-order valence-electron chi connectivity index (χ3n) is 5.34. The van der Waals surface area contributed by atoms with Gasteiger partial charge in [-0.05, 0) is 16.7 Å². The second-order valence-electron chi connectivity index (χ2n) is 7.67. The van der Waals surface area contributed by atoms with Crippen molar-refractivity contribution in [3.8, 4) is 0 Å². The van der Waals surface area contributed by atoms with Crippen LogP contribution in [0.25, 0.3) is 0 Å². The second kappa shape index (κ2) is 9.24. The Bertz CT molecular complexity index is 1050. The van der Waals surface area contributed by atoms with Gasteiger partial charge in [-0.1, -0.05) is 91.0 Å². The van der Waals surface area contributed by atoms with E-state index in [-0.39, 0.29) is 13.0 Å². The van der Waals surface area contributed by atoms with Gasteiger partial charge in [0.15, 0.2) is 6.10 Å². The molecule has 1 fully saturated rings. The van der Waals surface area contributed by atoms with Crippen LogP contribution in [0.1, 0.15) is 23.1 Å². The number of hydrogen-bond acceptors (Lipinski definition) is 6. The van der Waals surface area contributed by atoms with Gasteiger partial charge < -0.3 is 9.47 Å². The van der Waals surface area contributed by atoms with Crippen molar-refractivity contribution < 1.29 is 26.9 Å². The highest BCUT2D eigenvalue weighted by atomic mass is 32.2. The number of carbonyl (C=O) groups excluding carboxylic acids is 1. The number of benzene rings is 3. The van der Waals surface area contributed by atoms with E-state index in [1.807, 2.05) is 91.0 Å². The molecule has 166 valence electrons. The van der Waals surface area contributed by atoms with E-state index >= 15 is 0 Å². The molecule has 0 bridgehead atoms. The molecule has 0 amide bonds. The lowest BCUT2D eigenvalue weighted by molar-refractivity contribution is -0.149. The SMILES string of the molecule is CS(=O)(=O)O[C@H]1C[C@@H](COC(c2ccccc2)(c2ccccc2)c2ccccc2)OC1=O. The summed E-state index contributed by atoms with van der Waals surface area (Å²) >= 11 is 0. The Morgan fingerprint density at radius 3 is 1.69 bits per heavy atom.